The van der Waals surface area contributed by atoms with Gasteiger partial charge in [-0.2, -0.15) is 0 Å². The lowest BCUT2D eigenvalue weighted by atomic mass is 10.0. The smallest absolute Gasteiger partial charge is 0.339 e. The summed E-state index contributed by atoms with van der Waals surface area (Å²) in [6.07, 6.45) is 4.08. The molecule has 0 saturated heterocycles. The number of carboxylic acids is 1. The summed E-state index contributed by atoms with van der Waals surface area (Å²) in [7, 11) is 0. The first-order valence-corrected chi connectivity index (χ1v) is 11.5. The Labute approximate surface area is 199 Å². The van der Waals surface area contributed by atoms with Gasteiger partial charge in [-0.05, 0) is 59.5 Å². The van der Waals surface area contributed by atoms with E-state index in [9.17, 15) is 19.8 Å². The molecule has 0 heterocycles. The minimum atomic E-state index is -1.20. The summed E-state index contributed by atoms with van der Waals surface area (Å²) in [4.78, 5) is 26.5. The number of nitrogens with zero attached hydrogens (tertiary/aromatic N) is 1. The van der Waals surface area contributed by atoms with Crippen LogP contribution in [0, 0.1) is 0 Å². The quantitative estimate of drug-likeness (QED) is 0.329. The molecule has 1 amide bonds. The van der Waals surface area contributed by atoms with Crippen molar-refractivity contribution in [3.63, 3.8) is 0 Å². The van der Waals surface area contributed by atoms with E-state index in [1.165, 1.54) is 12.1 Å². The van der Waals surface area contributed by atoms with Gasteiger partial charge >= 0.3 is 5.97 Å². The number of rotatable bonds is 10. The standard InChI is InChI=1S/C27H28ClNO4/c1-2-3-4-5-16-29(18-19-6-15-25(30)24(17-19)27(32)33)26(31)22-9-7-20(8-10-22)21-11-13-23(28)14-12-21/h6-15,17,30H,2-5,16,18H2,1H3,(H,32,33). The van der Waals surface area contributed by atoms with Gasteiger partial charge in [0, 0.05) is 23.7 Å². The number of carboxylic acid groups (broad SMARTS) is 1. The number of amides is 1. The molecule has 0 unspecified atom stereocenters. The fourth-order valence-corrected chi connectivity index (χ4v) is 3.81. The fraction of sp³-hybridized carbons (Fsp3) is 0.259. The molecule has 3 aromatic rings. The highest BCUT2D eigenvalue weighted by Gasteiger charge is 2.18. The van der Waals surface area contributed by atoms with Crippen molar-refractivity contribution in [1.29, 1.82) is 0 Å². The van der Waals surface area contributed by atoms with Gasteiger partial charge in [0.15, 0.2) is 0 Å². The Hall–Kier alpha value is -3.31. The van der Waals surface area contributed by atoms with Crippen molar-refractivity contribution in [2.75, 3.05) is 6.54 Å². The van der Waals surface area contributed by atoms with Crippen LogP contribution in [0.2, 0.25) is 5.02 Å². The van der Waals surface area contributed by atoms with Crippen molar-refractivity contribution in [2.24, 2.45) is 0 Å². The summed E-state index contributed by atoms with van der Waals surface area (Å²) in [5.74, 6) is -1.60. The van der Waals surface area contributed by atoms with E-state index in [0.29, 0.717) is 22.7 Å². The SMILES string of the molecule is CCCCCCN(Cc1ccc(O)c(C(=O)O)c1)C(=O)c1ccc(-c2ccc(Cl)cc2)cc1. The average molecular weight is 466 g/mol. The lowest BCUT2D eigenvalue weighted by Crippen LogP contribution is -2.31. The summed E-state index contributed by atoms with van der Waals surface area (Å²) in [6, 6.07) is 19.4. The van der Waals surface area contributed by atoms with E-state index in [0.717, 1.165) is 36.8 Å². The van der Waals surface area contributed by atoms with Gasteiger partial charge in [0.05, 0.1) is 0 Å². The molecule has 172 valence electrons. The second-order valence-corrected chi connectivity index (χ2v) is 8.46. The van der Waals surface area contributed by atoms with Gasteiger partial charge in [0.25, 0.3) is 5.91 Å². The summed E-state index contributed by atoms with van der Waals surface area (Å²) < 4.78 is 0. The second-order valence-electron chi connectivity index (χ2n) is 8.03. The number of hydrogen-bond acceptors (Lipinski definition) is 3. The Morgan fingerprint density at radius 1 is 0.879 bits per heavy atom. The molecule has 0 aromatic heterocycles. The second kappa shape index (κ2) is 11.5. The van der Waals surface area contributed by atoms with Crippen molar-refractivity contribution >= 4 is 23.5 Å². The molecule has 0 aliphatic heterocycles. The van der Waals surface area contributed by atoms with Gasteiger partial charge in [-0.3, -0.25) is 4.79 Å². The van der Waals surface area contributed by atoms with Crippen LogP contribution in [-0.2, 0) is 6.54 Å². The van der Waals surface area contributed by atoms with E-state index < -0.39 is 5.97 Å². The van der Waals surface area contributed by atoms with E-state index in [-0.39, 0.29) is 23.8 Å². The van der Waals surface area contributed by atoms with E-state index in [1.54, 1.807) is 11.0 Å². The number of carbonyl (C=O) groups is 2. The van der Waals surface area contributed by atoms with Gasteiger partial charge in [-0.1, -0.05) is 68.1 Å². The van der Waals surface area contributed by atoms with Crippen molar-refractivity contribution in [1.82, 2.24) is 4.90 Å². The molecular weight excluding hydrogens is 438 g/mol. The van der Waals surface area contributed by atoms with E-state index in [4.69, 9.17) is 11.6 Å². The number of aromatic carboxylic acids is 1. The largest absolute Gasteiger partial charge is 0.507 e. The van der Waals surface area contributed by atoms with E-state index in [1.807, 2.05) is 48.5 Å². The average Bonchev–Trinajstić information content (AvgIpc) is 2.82. The highest BCUT2D eigenvalue weighted by atomic mass is 35.5. The van der Waals surface area contributed by atoms with Gasteiger partial charge in [0.2, 0.25) is 0 Å². The van der Waals surface area contributed by atoms with Crippen molar-refractivity contribution in [3.8, 4) is 16.9 Å². The number of carbonyl (C=O) groups excluding carboxylic acids is 1. The predicted octanol–water partition coefficient (Wildman–Crippen LogP) is 6.63. The number of aromatic hydroxyl groups is 1. The first-order chi connectivity index (χ1) is 15.9. The zero-order valence-electron chi connectivity index (χ0n) is 18.6. The highest BCUT2D eigenvalue weighted by Crippen LogP contribution is 2.24. The molecule has 0 spiro atoms. The molecule has 0 fully saturated rings. The fourth-order valence-electron chi connectivity index (χ4n) is 3.69. The number of phenols is 1. The van der Waals surface area contributed by atoms with Crippen LogP contribution in [0.5, 0.6) is 5.75 Å². The van der Waals surface area contributed by atoms with Gasteiger partial charge in [0.1, 0.15) is 11.3 Å². The topological polar surface area (TPSA) is 77.8 Å². The van der Waals surface area contributed by atoms with Gasteiger partial charge in [-0.15, -0.1) is 0 Å². The monoisotopic (exact) mass is 465 g/mol. The molecular formula is C27H28ClNO4. The molecule has 0 radical (unpaired) electrons. The van der Waals surface area contributed by atoms with Crippen LogP contribution in [0.25, 0.3) is 11.1 Å². The Morgan fingerprint density at radius 2 is 1.52 bits per heavy atom. The van der Waals surface area contributed by atoms with E-state index in [2.05, 4.69) is 6.92 Å². The first-order valence-electron chi connectivity index (χ1n) is 11.1. The molecule has 3 aromatic carbocycles. The summed E-state index contributed by atoms with van der Waals surface area (Å²) in [5, 5.41) is 19.8. The third-order valence-electron chi connectivity index (χ3n) is 5.54. The lowest BCUT2D eigenvalue weighted by Gasteiger charge is -2.23. The minimum Gasteiger partial charge on any atom is -0.507 e. The van der Waals surface area contributed by atoms with Gasteiger partial charge < -0.3 is 15.1 Å². The maximum Gasteiger partial charge on any atom is 0.339 e. The number of halogens is 1. The molecule has 0 bridgehead atoms. The van der Waals surface area contributed by atoms with E-state index >= 15 is 0 Å². The molecule has 5 nitrogen and oxygen atoms in total. The number of unbranched alkanes of at least 4 members (excludes halogenated alkanes) is 3. The lowest BCUT2D eigenvalue weighted by molar-refractivity contribution is 0.0693. The third-order valence-corrected chi connectivity index (χ3v) is 5.79. The van der Waals surface area contributed by atoms with Crippen LogP contribution in [0.3, 0.4) is 0 Å². The van der Waals surface area contributed by atoms with Crippen molar-refractivity contribution in [2.45, 2.75) is 39.2 Å². The molecule has 3 rings (SSSR count). The van der Waals surface area contributed by atoms with Crippen molar-refractivity contribution < 1.29 is 19.8 Å². The van der Waals surface area contributed by atoms with Crippen LogP contribution >= 0.6 is 11.6 Å². The molecule has 2 N–H and O–H groups in total. The molecule has 6 heteroatoms. The normalized spacial score (nSPS) is 10.7. The van der Waals surface area contributed by atoms with Crippen LogP contribution in [0.1, 0.15) is 58.9 Å². The molecule has 33 heavy (non-hydrogen) atoms. The Morgan fingerprint density at radius 3 is 2.12 bits per heavy atom. The summed E-state index contributed by atoms with van der Waals surface area (Å²) in [5.41, 5.74) is 3.06. The predicted molar refractivity (Wildman–Crippen MR) is 131 cm³/mol. The maximum atomic E-state index is 13.3. The van der Waals surface area contributed by atoms with Gasteiger partial charge in [-0.25, -0.2) is 4.79 Å². The molecule has 0 atom stereocenters. The van der Waals surface area contributed by atoms with Crippen LogP contribution in [0.15, 0.2) is 66.7 Å². The Balaban J connectivity index is 1.80. The van der Waals surface area contributed by atoms with Crippen LogP contribution in [-0.4, -0.2) is 33.5 Å². The van der Waals surface area contributed by atoms with Crippen LogP contribution in [0.4, 0.5) is 0 Å². The summed E-state index contributed by atoms with van der Waals surface area (Å²) in [6.45, 7) is 2.97. The number of hydrogen-bond donors (Lipinski definition) is 2. The Bertz CT molecular complexity index is 1090. The minimum absolute atomic E-state index is 0.112. The molecule has 0 aliphatic carbocycles. The van der Waals surface area contributed by atoms with Crippen LogP contribution < -0.4 is 0 Å². The molecule has 0 saturated carbocycles. The zero-order chi connectivity index (χ0) is 23.8. The maximum absolute atomic E-state index is 13.3. The zero-order valence-corrected chi connectivity index (χ0v) is 19.4. The first kappa shape index (κ1) is 24.3. The summed E-state index contributed by atoms with van der Waals surface area (Å²) >= 11 is 5.97. The van der Waals surface area contributed by atoms with Crippen molar-refractivity contribution in [3.05, 3.63) is 88.4 Å². The molecule has 0 aliphatic rings. The highest BCUT2D eigenvalue weighted by molar-refractivity contribution is 6.30. The number of benzene rings is 3. The third kappa shape index (κ3) is 6.59. The Kier molecular flexibility index (Phi) is 8.50.